The second kappa shape index (κ2) is 5.93. The van der Waals surface area contributed by atoms with E-state index in [1.54, 1.807) is 15.0 Å². The molecule has 0 N–H and O–H groups in total. The maximum absolute atomic E-state index is 2.58. The fourth-order valence-corrected chi connectivity index (χ4v) is 14.6. The van der Waals surface area contributed by atoms with Gasteiger partial charge in [0.05, 0.1) is 0 Å². The second-order valence-electron chi connectivity index (χ2n) is 7.17. The van der Waals surface area contributed by atoms with Gasteiger partial charge in [-0.2, -0.15) is 0 Å². The van der Waals surface area contributed by atoms with Crippen LogP contribution in [0.2, 0.25) is 0 Å². The van der Waals surface area contributed by atoms with Gasteiger partial charge in [0.1, 0.15) is 0 Å². The molecular weight excluding hydrogens is 333 g/mol. The molecule has 3 heteroatoms. The summed E-state index contributed by atoms with van der Waals surface area (Å²) in [6.45, 7) is 6.90. The molecule has 0 unspecified atom stereocenters. The minimum atomic E-state index is 0.607. The maximum atomic E-state index is 2.58. The molecule has 2 aliphatic rings. The zero-order valence-electron chi connectivity index (χ0n) is 12.4. The van der Waals surface area contributed by atoms with Crippen LogP contribution < -0.4 is 0 Å². The topological polar surface area (TPSA) is 0 Å². The van der Waals surface area contributed by atoms with E-state index in [1.807, 2.05) is 9.20 Å². The Morgan fingerprint density at radius 2 is 1.32 bits per heavy atom. The molecule has 0 nitrogen and oxygen atoms in total. The van der Waals surface area contributed by atoms with Crippen LogP contribution in [0.4, 0.5) is 0 Å². The molecule has 0 bridgehead atoms. The summed E-state index contributed by atoms with van der Waals surface area (Å²) in [4.78, 5) is 0. The van der Waals surface area contributed by atoms with Crippen molar-refractivity contribution in [1.29, 1.82) is 0 Å². The summed E-state index contributed by atoms with van der Waals surface area (Å²) in [5, 5.41) is 1.91. The van der Waals surface area contributed by atoms with Crippen LogP contribution in [0.15, 0.2) is 0 Å². The van der Waals surface area contributed by atoms with Gasteiger partial charge in [-0.15, -0.1) is 0 Å². The van der Waals surface area contributed by atoms with Gasteiger partial charge in [0.2, 0.25) is 0 Å². The Labute approximate surface area is 127 Å². The van der Waals surface area contributed by atoms with Crippen LogP contribution in [0.1, 0.15) is 87.3 Å². The van der Waals surface area contributed by atoms with E-state index in [0.717, 1.165) is 14.0 Å². The summed E-state index contributed by atoms with van der Waals surface area (Å²) in [7, 11) is 1.71. The molecule has 1 aromatic heterocycles. The van der Waals surface area contributed by atoms with Crippen molar-refractivity contribution in [1.82, 2.24) is 0 Å². The number of rotatable bonds is 2. The molecule has 2 fully saturated rings. The monoisotopic (exact) mass is 360 g/mol. The molecule has 0 aliphatic heterocycles. The van der Waals surface area contributed by atoms with Gasteiger partial charge in [0.15, 0.2) is 0 Å². The Balaban J connectivity index is 1.82. The summed E-state index contributed by atoms with van der Waals surface area (Å²) in [5.41, 5.74) is 1.23. The van der Waals surface area contributed by atoms with Crippen molar-refractivity contribution in [3.63, 3.8) is 0 Å². The molecule has 106 valence electrons. The van der Waals surface area contributed by atoms with E-state index in [4.69, 9.17) is 0 Å². The molecular formula is C16H26P2Se. The Hall–Kier alpha value is 0.859. The average Bonchev–Trinajstić information content (AvgIpc) is 2.91. The van der Waals surface area contributed by atoms with Crippen LogP contribution in [-0.2, 0) is 10.8 Å². The predicted molar refractivity (Wildman–Crippen MR) is 89.3 cm³/mol. The molecule has 0 amide bonds. The van der Waals surface area contributed by atoms with Crippen LogP contribution in [0.5, 0.6) is 0 Å². The first-order chi connectivity index (χ1) is 9.12. The molecule has 19 heavy (non-hydrogen) atoms. The summed E-state index contributed by atoms with van der Waals surface area (Å²) in [6, 6.07) is 0. The van der Waals surface area contributed by atoms with E-state index in [2.05, 4.69) is 13.8 Å². The van der Waals surface area contributed by atoms with Gasteiger partial charge in [-0.3, -0.25) is 0 Å². The fraction of sp³-hybridized carbons (Fsp3) is 0.875. The first-order valence-electron chi connectivity index (χ1n) is 7.97. The molecule has 0 aromatic carbocycles. The van der Waals surface area contributed by atoms with Crippen LogP contribution >= 0.6 is 15.0 Å². The molecule has 0 radical (unpaired) electrons. The normalized spacial score (nSPS) is 27.1. The molecule has 1 aromatic rings. The summed E-state index contributed by atoms with van der Waals surface area (Å²) in [5.74, 6) is 0. The third kappa shape index (κ3) is 3.06. The zero-order valence-corrected chi connectivity index (χ0v) is 15.9. The Kier molecular flexibility index (Phi) is 4.61. The van der Waals surface area contributed by atoms with Gasteiger partial charge >= 0.3 is 127 Å². The van der Waals surface area contributed by atoms with E-state index in [0.29, 0.717) is 10.8 Å². The second-order valence-corrected chi connectivity index (χ2v) is 13.3. The molecule has 1 heterocycles. The van der Waals surface area contributed by atoms with E-state index < -0.39 is 0 Å². The van der Waals surface area contributed by atoms with Crippen molar-refractivity contribution < 1.29 is 0 Å². The van der Waals surface area contributed by atoms with Crippen molar-refractivity contribution in [3.8, 4) is 0 Å². The standard InChI is InChI=1S/C16H26P2Se/c1-15(9-5-3-6-10-15)13-17-14(19-18-13)16(2)11-7-4-8-12-16/h3-12H2,1-2H3. The number of hydrogen-bond donors (Lipinski definition) is 0. The van der Waals surface area contributed by atoms with Crippen LogP contribution in [-0.4, -0.2) is 14.0 Å². The van der Waals surface area contributed by atoms with Crippen molar-refractivity contribution in [3.05, 3.63) is 9.20 Å². The van der Waals surface area contributed by atoms with E-state index in [9.17, 15) is 0 Å². The zero-order chi connectivity index (χ0) is 13.3. The van der Waals surface area contributed by atoms with Crippen LogP contribution in [0.3, 0.4) is 0 Å². The molecule has 3 rings (SSSR count). The third-order valence-electron chi connectivity index (χ3n) is 5.40. The first-order valence-corrected chi connectivity index (χ1v) is 12.8. The quantitative estimate of drug-likeness (QED) is 0.540. The van der Waals surface area contributed by atoms with Gasteiger partial charge in [-0.25, -0.2) is 0 Å². The molecule has 0 atom stereocenters. The molecule has 2 aliphatic carbocycles. The summed E-state index contributed by atoms with van der Waals surface area (Å²) in [6.07, 6.45) is 14.8. The third-order valence-corrected chi connectivity index (χ3v) is 15.1. The van der Waals surface area contributed by atoms with Gasteiger partial charge in [0, 0.05) is 0 Å². The van der Waals surface area contributed by atoms with Crippen LogP contribution in [0.25, 0.3) is 0 Å². The average molecular weight is 359 g/mol. The molecule has 0 spiro atoms. The Morgan fingerprint density at radius 1 is 0.789 bits per heavy atom. The number of hydrogen-bond acceptors (Lipinski definition) is 0. The van der Waals surface area contributed by atoms with Gasteiger partial charge in [-0.05, 0) is 0 Å². The van der Waals surface area contributed by atoms with E-state index >= 15 is 0 Å². The van der Waals surface area contributed by atoms with Crippen molar-refractivity contribution >= 4 is 29.1 Å². The van der Waals surface area contributed by atoms with Crippen molar-refractivity contribution in [2.24, 2.45) is 0 Å². The fourth-order valence-electron chi connectivity index (χ4n) is 3.82. The van der Waals surface area contributed by atoms with Crippen LogP contribution in [0, 0.1) is 0 Å². The van der Waals surface area contributed by atoms with Gasteiger partial charge in [0.25, 0.3) is 0 Å². The summed E-state index contributed by atoms with van der Waals surface area (Å²) < 4.78 is 1.96. The predicted octanol–water partition coefficient (Wildman–Crippen LogP) is 6.35. The molecule has 0 saturated heterocycles. The summed E-state index contributed by atoms with van der Waals surface area (Å²) >= 11 is 0.795. The SMILES string of the molecule is CC1(c2p[se]c(C3(C)CCCCC3)p2)CCCCC1. The Morgan fingerprint density at radius 3 is 1.89 bits per heavy atom. The van der Waals surface area contributed by atoms with Crippen molar-refractivity contribution in [2.75, 3.05) is 0 Å². The van der Waals surface area contributed by atoms with Crippen molar-refractivity contribution in [2.45, 2.75) is 88.9 Å². The Bertz CT molecular complexity index is 387. The van der Waals surface area contributed by atoms with Gasteiger partial charge in [-0.1, -0.05) is 0 Å². The minimum absolute atomic E-state index is 0.607. The van der Waals surface area contributed by atoms with E-state index in [-0.39, 0.29) is 0 Å². The first kappa shape index (κ1) is 14.8. The van der Waals surface area contributed by atoms with E-state index in [1.165, 1.54) is 64.2 Å². The molecule has 2 saturated carbocycles. The van der Waals surface area contributed by atoms with Gasteiger partial charge < -0.3 is 0 Å².